The largest absolute Gasteiger partial charge is 0.348 e. The van der Waals surface area contributed by atoms with Gasteiger partial charge in [-0.2, -0.15) is 11.8 Å². The Bertz CT molecular complexity index is 359. The van der Waals surface area contributed by atoms with Crippen LogP contribution in [0.15, 0.2) is 0 Å². The van der Waals surface area contributed by atoms with Gasteiger partial charge in [0.15, 0.2) is 0 Å². The van der Waals surface area contributed by atoms with Gasteiger partial charge >= 0.3 is 0 Å². The van der Waals surface area contributed by atoms with Crippen molar-refractivity contribution in [3.05, 3.63) is 11.6 Å². The van der Waals surface area contributed by atoms with Gasteiger partial charge < -0.3 is 5.32 Å². The molecule has 2 N–H and O–H groups in total. The number of nitrogens with one attached hydrogen (secondary N) is 2. The molecule has 0 saturated carbocycles. The van der Waals surface area contributed by atoms with E-state index in [1.807, 2.05) is 11.8 Å². The Kier molecular flexibility index (Phi) is 3.82. The zero-order chi connectivity index (χ0) is 11.4. The minimum absolute atomic E-state index is 0.185. The van der Waals surface area contributed by atoms with Crippen LogP contribution < -0.4 is 5.32 Å². The Morgan fingerprint density at radius 3 is 3.12 bits per heavy atom. The van der Waals surface area contributed by atoms with E-state index in [-0.39, 0.29) is 11.7 Å². The summed E-state index contributed by atoms with van der Waals surface area (Å²) < 4.78 is 0. The minimum Gasteiger partial charge on any atom is -0.348 e. The van der Waals surface area contributed by atoms with E-state index in [0.29, 0.717) is 11.1 Å². The van der Waals surface area contributed by atoms with Crippen molar-refractivity contribution in [2.24, 2.45) is 0 Å². The van der Waals surface area contributed by atoms with E-state index in [1.165, 1.54) is 25.0 Å². The Morgan fingerprint density at radius 1 is 1.62 bits per heavy atom. The number of H-pyrrole nitrogens is 1. The molecule has 0 aromatic carbocycles. The number of amides is 1. The van der Waals surface area contributed by atoms with Crippen molar-refractivity contribution < 1.29 is 4.79 Å². The number of nitrogens with zero attached hydrogens (tertiary/aromatic N) is 2. The van der Waals surface area contributed by atoms with Gasteiger partial charge in [0.05, 0.1) is 0 Å². The summed E-state index contributed by atoms with van der Waals surface area (Å²) in [6.07, 6.45) is 3.76. The molecule has 1 aromatic rings. The standard InChI is InChI=1S/C10H16N4OS/c1-7-12-9(14-13-7)10(15)11-6-8-4-2-3-5-16-8/h8H,2-6H2,1H3,(H,11,15)(H,12,13,14). The number of thioether (sulfide) groups is 1. The lowest BCUT2D eigenvalue weighted by atomic mass is 10.2. The molecule has 2 rings (SSSR count). The predicted molar refractivity (Wildman–Crippen MR) is 63.5 cm³/mol. The fourth-order valence-electron chi connectivity index (χ4n) is 1.70. The molecule has 0 spiro atoms. The molecular formula is C10H16N4OS. The van der Waals surface area contributed by atoms with Crippen molar-refractivity contribution in [1.82, 2.24) is 20.5 Å². The fourth-order valence-corrected chi connectivity index (χ4v) is 2.94. The molecule has 1 aromatic heterocycles. The lowest BCUT2D eigenvalue weighted by Gasteiger charge is -2.20. The first-order valence-corrected chi connectivity index (χ1v) is 6.59. The molecule has 1 saturated heterocycles. The van der Waals surface area contributed by atoms with Crippen LogP contribution in [0, 0.1) is 6.92 Å². The number of aromatic amines is 1. The van der Waals surface area contributed by atoms with Crippen LogP contribution in [0.1, 0.15) is 35.7 Å². The van der Waals surface area contributed by atoms with Gasteiger partial charge in [0.2, 0.25) is 5.82 Å². The summed E-state index contributed by atoms with van der Waals surface area (Å²) in [5.74, 6) is 1.92. The SMILES string of the molecule is Cc1nc(C(=O)NCC2CCCCS2)n[nH]1. The third-order valence-corrected chi connectivity index (χ3v) is 3.96. The first-order valence-electron chi connectivity index (χ1n) is 5.54. The lowest BCUT2D eigenvalue weighted by molar-refractivity contribution is 0.0943. The highest BCUT2D eigenvalue weighted by Gasteiger charge is 2.16. The van der Waals surface area contributed by atoms with Crippen molar-refractivity contribution in [2.45, 2.75) is 31.4 Å². The molecule has 1 aliphatic heterocycles. The molecule has 1 atom stereocenters. The van der Waals surface area contributed by atoms with Gasteiger partial charge in [0, 0.05) is 11.8 Å². The van der Waals surface area contributed by atoms with Crippen LogP contribution in [0.2, 0.25) is 0 Å². The molecule has 1 aliphatic rings. The van der Waals surface area contributed by atoms with Crippen LogP contribution in [0.3, 0.4) is 0 Å². The zero-order valence-corrected chi connectivity index (χ0v) is 10.1. The quantitative estimate of drug-likeness (QED) is 0.831. The Labute approximate surface area is 98.8 Å². The maximum absolute atomic E-state index is 11.6. The Morgan fingerprint density at radius 2 is 2.50 bits per heavy atom. The summed E-state index contributed by atoms with van der Waals surface area (Å²) in [7, 11) is 0. The second-order valence-corrected chi connectivity index (χ2v) is 5.35. The summed E-state index contributed by atoms with van der Waals surface area (Å²) in [6, 6.07) is 0. The summed E-state index contributed by atoms with van der Waals surface area (Å²) in [6.45, 7) is 2.50. The summed E-state index contributed by atoms with van der Waals surface area (Å²) in [5.41, 5.74) is 0. The molecule has 1 unspecified atom stereocenters. The highest BCUT2D eigenvalue weighted by molar-refractivity contribution is 7.99. The third-order valence-electron chi connectivity index (χ3n) is 2.56. The van der Waals surface area contributed by atoms with Gasteiger partial charge in [-0.05, 0) is 25.5 Å². The Balaban J connectivity index is 1.79. The molecular weight excluding hydrogens is 224 g/mol. The summed E-state index contributed by atoms with van der Waals surface area (Å²) in [4.78, 5) is 15.6. The van der Waals surface area contributed by atoms with Gasteiger partial charge in [-0.15, -0.1) is 5.10 Å². The van der Waals surface area contributed by atoms with E-state index in [4.69, 9.17) is 0 Å². The van der Waals surface area contributed by atoms with E-state index < -0.39 is 0 Å². The maximum Gasteiger partial charge on any atom is 0.290 e. The molecule has 5 nitrogen and oxygen atoms in total. The van der Waals surface area contributed by atoms with Crippen molar-refractivity contribution in [3.8, 4) is 0 Å². The second-order valence-electron chi connectivity index (χ2n) is 3.94. The molecule has 0 bridgehead atoms. The molecule has 0 radical (unpaired) electrons. The van der Waals surface area contributed by atoms with Gasteiger partial charge in [0.25, 0.3) is 5.91 Å². The van der Waals surface area contributed by atoms with Gasteiger partial charge in [-0.1, -0.05) is 6.42 Å². The number of aryl methyl sites for hydroxylation is 1. The van der Waals surface area contributed by atoms with E-state index in [1.54, 1.807) is 6.92 Å². The number of carbonyl (C=O) groups excluding carboxylic acids is 1. The molecule has 2 heterocycles. The zero-order valence-electron chi connectivity index (χ0n) is 9.32. The number of aromatic nitrogens is 3. The van der Waals surface area contributed by atoms with Crippen LogP contribution in [0.4, 0.5) is 0 Å². The van der Waals surface area contributed by atoms with Crippen LogP contribution >= 0.6 is 11.8 Å². The number of rotatable bonds is 3. The normalized spacial score (nSPS) is 20.7. The van der Waals surface area contributed by atoms with Gasteiger partial charge in [0.1, 0.15) is 5.82 Å². The lowest BCUT2D eigenvalue weighted by Crippen LogP contribution is -2.32. The monoisotopic (exact) mass is 240 g/mol. The number of carbonyl (C=O) groups is 1. The van der Waals surface area contributed by atoms with Gasteiger partial charge in [-0.3, -0.25) is 9.89 Å². The average Bonchev–Trinajstić information content (AvgIpc) is 2.74. The number of hydrogen-bond acceptors (Lipinski definition) is 4. The highest BCUT2D eigenvalue weighted by atomic mass is 32.2. The van der Waals surface area contributed by atoms with Gasteiger partial charge in [-0.25, -0.2) is 4.98 Å². The average molecular weight is 240 g/mol. The van der Waals surface area contributed by atoms with Crippen molar-refractivity contribution in [3.63, 3.8) is 0 Å². The first-order chi connectivity index (χ1) is 7.75. The molecule has 0 aliphatic carbocycles. The highest BCUT2D eigenvalue weighted by Crippen LogP contribution is 2.24. The maximum atomic E-state index is 11.6. The van der Waals surface area contributed by atoms with E-state index in [9.17, 15) is 4.79 Å². The molecule has 6 heteroatoms. The van der Waals surface area contributed by atoms with E-state index >= 15 is 0 Å². The van der Waals surface area contributed by atoms with Crippen molar-refractivity contribution >= 4 is 17.7 Å². The van der Waals surface area contributed by atoms with E-state index in [0.717, 1.165) is 6.54 Å². The smallest absolute Gasteiger partial charge is 0.290 e. The second kappa shape index (κ2) is 5.34. The molecule has 88 valence electrons. The van der Waals surface area contributed by atoms with Crippen LogP contribution in [0.25, 0.3) is 0 Å². The third kappa shape index (κ3) is 2.98. The van der Waals surface area contributed by atoms with Crippen LogP contribution in [0.5, 0.6) is 0 Å². The topological polar surface area (TPSA) is 70.7 Å². The summed E-state index contributed by atoms with van der Waals surface area (Å²) >= 11 is 1.94. The van der Waals surface area contributed by atoms with Crippen molar-refractivity contribution in [1.29, 1.82) is 0 Å². The number of hydrogen-bond donors (Lipinski definition) is 2. The van der Waals surface area contributed by atoms with Crippen molar-refractivity contribution in [2.75, 3.05) is 12.3 Å². The summed E-state index contributed by atoms with van der Waals surface area (Å²) in [5, 5.41) is 9.92. The molecule has 1 amide bonds. The first kappa shape index (κ1) is 11.4. The Hall–Kier alpha value is -1.04. The fraction of sp³-hybridized carbons (Fsp3) is 0.700. The minimum atomic E-state index is -0.185. The van der Waals surface area contributed by atoms with Crippen LogP contribution in [-0.2, 0) is 0 Å². The van der Waals surface area contributed by atoms with E-state index in [2.05, 4.69) is 20.5 Å². The predicted octanol–water partition coefficient (Wildman–Crippen LogP) is 1.13. The van der Waals surface area contributed by atoms with Crippen LogP contribution in [-0.4, -0.2) is 38.6 Å². The molecule has 16 heavy (non-hydrogen) atoms. The molecule has 1 fully saturated rings.